The minimum atomic E-state index is -0.350. The molecule has 0 radical (unpaired) electrons. The third kappa shape index (κ3) is 2.92. The molecular weight excluding hydrogens is 254 g/mol. The number of ether oxygens (including phenoxy) is 1. The van der Waals surface area contributed by atoms with Crippen LogP contribution in [0.1, 0.15) is 48.7 Å². The minimum Gasteiger partial charge on any atom is -0.462 e. The van der Waals surface area contributed by atoms with Gasteiger partial charge in [0, 0.05) is 12.2 Å². The lowest BCUT2D eigenvalue weighted by molar-refractivity contribution is 0.0524. The summed E-state index contributed by atoms with van der Waals surface area (Å²) in [5.41, 5.74) is 1.12. The van der Waals surface area contributed by atoms with Gasteiger partial charge in [-0.05, 0) is 51.4 Å². The third-order valence-corrected chi connectivity index (χ3v) is 4.03. The highest BCUT2D eigenvalue weighted by Crippen LogP contribution is 2.45. The van der Waals surface area contributed by atoms with Crippen molar-refractivity contribution in [3.8, 4) is 0 Å². The van der Waals surface area contributed by atoms with E-state index in [2.05, 4.69) is 15.3 Å². The lowest BCUT2D eigenvalue weighted by Gasteiger charge is -2.18. The highest BCUT2D eigenvalue weighted by molar-refractivity contribution is 5.90. The zero-order valence-corrected chi connectivity index (χ0v) is 12.1. The molecule has 1 heterocycles. The predicted molar refractivity (Wildman–Crippen MR) is 75.6 cm³/mol. The molecule has 5 heteroatoms. The molecule has 5 nitrogen and oxygen atoms in total. The molecule has 20 heavy (non-hydrogen) atoms. The maximum atomic E-state index is 11.7. The molecule has 0 aromatic carbocycles. The van der Waals surface area contributed by atoms with Gasteiger partial charge in [-0.2, -0.15) is 0 Å². The van der Waals surface area contributed by atoms with E-state index in [0.717, 1.165) is 11.8 Å². The summed E-state index contributed by atoms with van der Waals surface area (Å²) >= 11 is 0. The van der Waals surface area contributed by atoms with Gasteiger partial charge < -0.3 is 10.1 Å². The second kappa shape index (κ2) is 5.38. The van der Waals surface area contributed by atoms with Crippen molar-refractivity contribution in [2.24, 2.45) is 11.8 Å². The van der Waals surface area contributed by atoms with Crippen LogP contribution in [0, 0.1) is 18.8 Å². The SMILES string of the molecule is CCOC(=O)c1cnc(NC(C2CC2)C2CC2)nc1C. The predicted octanol–water partition coefficient (Wildman–Crippen LogP) is 2.56. The Morgan fingerprint density at radius 1 is 1.40 bits per heavy atom. The molecule has 1 aromatic heterocycles. The number of aryl methyl sites for hydroxylation is 1. The average molecular weight is 275 g/mol. The largest absolute Gasteiger partial charge is 0.462 e. The first kappa shape index (κ1) is 13.3. The number of rotatable bonds is 6. The first-order chi connectivity index (χ1) is 9.69. The van der Waals surface area contributed by atoms with Gasteiger partial charge in [-0.3, -0.25) is 0 Å². The van der Waals surface area contributed by atoms with Crippen LogP contribution in [-0.2, 0) is 4.74 Å². The Morgan fingerprint density at radius 2 is 2.05 bits per heavy atom. The van der Waals surface area contributed by atoms with Crippen molar-refractivity contribution in [2.45, 2.75) is 45.6 Å². The molecule has 0 bridgehead atoms. The summed E-state index contributed by atoms with van der Waals surface area (Å²) in [7, 11) is 0. The van der Waals surface area contributed by atoms with Gasteiger partial charge in [-0.1, -0.05) is 0 Å². The van der Waals surface area contributed by atoms with Gasteiger partial charge in [0.25, 0.3) is 0 Å². The van der Waals surface area contributed by atoms with Gasteiger partial charge in [0.2, 0.25) is 5.95 Å². The Hall–Kier alpha value is -1.65. The normalized spacial score (nSPS) is 18.1. The Balaban J connectivity index is 1.71. The van der Waals surface area contributed by atoms with E-state index in [1.165, 1.54) is 25.7 Å². The lowest BCUT2D eigenvalue weighted by Crippen LogP contribution is -2.26. The van der Waals surface area contributed by atoms with Gasteiger partial charge >= 0.3 is 5.97 Å². The average Bonchev–Trinajstić information content (AvgIpc) is 3.28. The Kier molecular flexibility index (Phi) is 3.59. The zero-order valence-electron chi connectivity index (χ0n) is 12.1. The summed E-state index contributed by atoms with van der Waals surface area (Å²) in [5, 5.41) is 3.47. The number of aromatic nitrogens is 2. The summed E-state index contributed by atoms with van der Waals surface area (Å²) in [6.07, 6.45) is 6.82. The highest BCUT2D eigenvalue weighted by Gasteiger charge is 2.41. The summed E-state index contributed by atoms with van der Waals surface area (Å²) in [6.45, 7) is 3.98. The third-order valence-electron chi connectivity index (χ3n) is 4.03. The molecule has 0 aliphatic heterocycles. The standard InChI is InChI=1S/C15H21N3O2/c1-3-20-14(19)12-8-16-15(17-9(12)2)18-13(10-4-5-10)11-6-7-11/h8,10-11,13H,3-7H2,1-2H3,(H,16,17,18). The van der Waals surface area contributed by atoms with Crippen LogP contribution in [0.25, 0.3) is 0 Å². The Morgan fingerprint density at radius 3 is 2.55 bits per heavy atom. The number of nitrogens with zero attached hydrogens (tertiary/aromatic N) is 2. The molecule has 0 atom stereocenters. The summed E-state index contributed by atoms with van der Waals surface area (Å²) in [4.78, 5) is 20.4. The number of nitrogens with one attached hydrogen (secondary N) is 1. The number of hydrogen-bond acceptors (Lipinski definition) is 5. The van der Waals surface area contributed by atoms with Crippen LogP contribution in [0.5, 0.6) is 0 Å². The van der Waals surface area contributed by atoms with Crippen LogP contribution in [0.4, 0.5) is 5.95 Å². The summed E-state index contributed by atoms with van der Waals surface area (Å²) < 4.78 is 4.99. The summed E-state index contributed by atoms with van der Waals surface area (Å²) in [6, 6.07) is 0.517. The molecule has 0 unspecified atom stereocenters. The van der Waals surface area contributed by atoms with E-state index in [4.69, 9.17) is 4.74 Å². The van der Waals surface area contributed by atoms with Crippen molar-refractivity contribution in [1.82, 2.24) is 9.97 Å². The smallest absolute Gasteiger partial charge is 0.341 e. The van der Waals surface area contributed by atoms with E-state index in [1.807, 2.05) is 6.92 Å². The maximum Gasteiger partial charge on any atom is 0.341 e. The molecule has 2 aliphatic rings. The number of carbonyl (C=O) groups excluding carboxylic acids is 1. The Bertz CT molecular complexity index is 498. The van der Waals surface area contributed by atoms with Crippen LogP contribution in [0.3, 0.4) is 0 Å². The molecule has 3 rings (SSSR count). The van der Waals surface area contributed by atoms with E-state index in [-0.39, 0.29) is 5.97 Å². The van der Waals surface area contributed by atoms with Crippen LogP contribution in [0.2, 0.25) is 0 Å². The van der Waals surface area contributed by atoms with Crippen LogP contribution in [-0.4, -0.2) is 28.6 Å². The number of hydrogen-bond donors (Lipinski definition) is 1. The molecule has 0 spiro atoms. The molecule has 108 valence electrons. The fraction of sp³-hybridized carbons (Fsp3) is 0.667. The Labute approximate surface area is 119 Å². The molecule has 2 aliphatic carbocycles. The van der Waals surface area contributed by atoms with Crippen LogP contribution in [0.15, 0.2) is 6.20 Å². The molecular formula is C15H21N3O2. The van der Waals surface area contributed by atoms with E-state index >= 15 is 0 Å². The van der Waals surface area contributed by atoms with E-state index < -0.39 is 0 Å². The van der Waals surface area contributed by atoms with Crippen LogP contribution < -0.4 is 5.32 Å². The van der Waals surface area contributed by atoms with Crippen molar-refractivity contribution < 1.29 is 9.53 Å². The minimum absolute atomic E-state index is 0.350. The topological polar surface area (TPSA) is 64.1 Å². The quantitative estimate of drug-likeness (QED) is 0.808. The molecule has 0 saturated heterocycles. The van der Waals surface area contributed by atoms with Gasteiger partial charge in [0.05, 0.1) is 17.9 Å². The zero-order chi connectivity index (χ0) is 14.1. The van der Waals surface area contributed by atoms with Crippen molar-refractivity contribution >= 4 is 11.9 Å². The van der Waals surface area contributed by atoms with Gasteiger partial charge in [-0.25, -0.2) is 14.8 Å². The molecule has 1 N–H and O–H groups in total. The van der Waals surface area contributed by atoms with Crippen molar-refractivity contribution in [1.29, 1.82) is 0 Å². The highest BCUT2D eigenvalue weighted by atomic mass is 16.5. The number of esters is 1. The van der Waals surface area contributed by atoms with E-state index in [0.29, 0.717) is 29.9 Å². The van der Waals surface area contributed by atoms with Crippen LogP contribution >= 0.6 is 0 Å². The summed E-state index contributed by atoms with van der Waals surface area (Å²) in [5.74, 6) is 1.86. The van der Waals surface area contributed by atoms with E-state index in [9.17, 15) is 4.79 Å². The van der Waals surface area contributed by atoms with Gasteiger partial charge in [-0.15, -0.1) is 0 Å². The van der Waals surface area contributed by atoms with Crippen molar-refractivity contribution in [3.05, 3.63) is 17.5 Å². The fourth-order valence-electron chi connectivity index (χ4n) is 2.63. The molecule has 1 aromatic rings. The lowest BCUT2D eigenvalue weighted by atomic mass is 10.1. The first-order valence-corrected chi connectivity index (χ1v) is 7.46. The second-order valence-electron chi connectivity index (χ2n) is 5.76. The van der Waals surface area contributed by atoms with Gasteiger partial charge in [0.15, 0.2) is 0 Å². The van der Waals surface area contributed by atoms with Crippen molar-refractivity contribution in [2.75, 3.05) is 11.9 Å². The number of carbonyl (C=O) groups is 1. The monoisotopic (exact) mass is 275 g/mol. The first-order valence-electron chi connectivity index (χ1n) is 7.46. The molecule has 2 saturated carbocycles. The van der Waals surface area contributed by atoms with Gasteiger partial charge in [0.1, 0.15) is 0 Å². The second-order valence-corrected chi connectivity index (χ2v) is 5.76. The maximum absolute atomic E-state index is 11.7. The molecule has 0 amide bonds. The molecule has 2 fully saturated rings. The van der Waals surface area contributed by atoms with E-state index in [1.54, 1.807) is 13.1 Å². The fourth-order valence-corrected chi connectivity index (χ4v) is 2.63. The van der Waals surface area contributed by atoms with Crippen molar-refractivity contribution in [3.63, 3.8) is 0 Å². The number of anilines is 1.